The third-order valence-corrected chi connectivity index (χ3v) is 5.79. The zero-order valence-corrected chi connectivity index (χ0v) is 20.3. The quantitative estimate of drug-likeness (QED) is 0.378. The number of halogens is 1. The average molecular weight is 518 g/mol. The number of carbonyl (C=O) groups is 1. The molecule has 12 heteroatoms. The van der Waals surface area contributed by atoms with Crippen LogP contribution in [0.1, 0.15) is 27.7 Å². The van der Waals surface area contributed by atoms with E-state index in [1.54, 1.807) is 21.7 Å². The molecule has 0 N–H and O–H groups in total. The Bertz CT molecular complexity index is 1220. The van der Waals surface area contributed by atoms with E-state index in [0.29, 0.717) is 46.8 Å². The summed E-state index contributed by atoms with van der Waals surface area (Å²) in [4.78, 5) is 36.0. The van der Waals surface area contributed by atoms with Gasteiger partial charge in [0, 0.05) is 37.8 Å². The van der Waals surface area contributed by atoms with Crippen LogP contribution in [0.4, 0.5) is 16.3 Å². The van der Waals surface area contributed by atoms with Crippen molar-refractivity contribution < 1.29 is 14.5 Å². The van der Waals surface area contributed by atoms with Crippen LogP contribution < -0.4 is 4.90 Å². The van der Waals surface area contributed by atoms with Gasteiger partial charge in [0.25, 0.3) is 5.69 Å². The third-order valence-electron chi connectivity index (χ3n) is 5.24. The van der Waals surface area contributed by atoms with Crippen LogP contribution >= 0.6 is 15.9 Å². The molecule has 1 aliphatic rings. The highest BCUT2D eigenvalue weighted by molar-refractivity contribution is 9.10. The van der Waals surface area contributed by atoms with Gasteiger partial charge in [0.05, 0.1) is 16.0 Å². The first kappa shape index (κ1) is 22.9. The molecule has 0 saturated carbocycles. The Kier molecular flexibility index (Phi) is 5.95. The molecular formula is C21H24BrN7O4. The number of benzene rings is 1. The Morgan fingerprint density at radius 1 is 1.27 bits per heavy atom. The summed E-state index contributed by atoms with van der Waals surface area (Å²) in [5, 5.41) is 16.4. The number of non-ortho nitro benzene ring substituents is 1. The number of ether oxygens (including phenoxy) is 1. The number of piperazine rings is 1. The van der Waals surface area contributed by atoms with E-state index in [9.17, 15) is 14.9 Å². The fraction of sp³-hybridized carbons (Fsp3) is 0.429. The Hall–Kier alpha value is -3.28. The molecule has 11 nitrogen and oxygen atoms in total. The highest BCUT2D eigenvalue weighted by Crippen LogP contribution is 2.33. The minimum absolute atomic E-state index is 0.0302. The molecule has 3 heterocycles. The lowest BCUT2D eigenvalue weighted by Crippen LogP contribution is -2.54. The molecule has 33 heavy (non-hydrogen) atoms. The van der Waals surface area contributed by atoms with Crippen LogP contribution in [0.5, 0.6) is 0 Å². The summed E-state index contributed by atoms with van der Waals surface area (Å²) in [5.74, 6) is 0.680. The molecule has 1 amide bonds. The van der Waals surface area contributed by atoms with E-state index < -0.39 is 10.5 Å². The first-order chi connectivity index (χ1) is 15.5. The predicted octanol–water partition coefficient (Wildman–Crippen LogP) is 3.93. The van der Waals surface area contributed by atoms with Gasteiger partial charge in [0.1, 0.15) is 22.3 Å². The van der Waals surface area contributed by atoms with Crippen LogP contribution in [-0.4, -0.2) is 66.9 Å². The minimum Gasteiger partial charge on any atom is -0.444 e. The summed E-state index contributed by atoms with van der Waals surface area (Å²) in [6.45, 7) is 9.08. The monoisotopic (exact) mass is 517 g/mol. The minimum atomic E-state index is -0.553. The van der Waals surface area contributed by atoms with Crippen molar-refractivity contribution in [2.45, 2.75) is 39.3 Å². The van der Waals surface area contributed by atoms with Crippen molar-refractivity contribution in [3.05, 3.63) is 45.3 Å². The maximum absolute atomic E-state index is 12.5. The van der Waals surface area contributed by atoms with Crippen molar-refractivity contribution >= 4 is 44.6 Å². The molecule has 174 valence electrons. The van der Waals surface area contributed by atoms with Crippen molar-refractivity contribution in [3.8, 4) is 5.69 Å². The molecule has 1 fully saturated rings. The van der Waals surface area contributed by atoms with Gasteiger partial charge in [0.15, 0.2) is 5.65 Å². The zero-order chi connectivity index (χ0) is 23.9. The summed E-state index contributed by atoms with van der Waals surface area (Å²) in [7, 11) is 0. The first-order valence-electron chi connectivity index (χ1n) is 10.4. The van der Waals surface area contributed by atoms with Gasteiger partial charge in [-0.15, -0.1) is 0 Å². The Labute approximate surface area is 198 Å². The predicted molar refractivity (Wildman–Crippen MR) is 126 cm³/mol. The number of carbonyl (C=O) groups excluding carboxylic acids is 1. The van der Waals surface area contributed by atoms with Crippen molar-refractivity contribution in [2.75, 3.05) is 24.5 Å². The number of nitrogens with zero attached hydrogens (tertiary/aromatic N) is 7. The van der Waals surface area contributed by atoms with Gasteiger partial charge in [-0.25, -0.2) is 19.4 Å². The van der Waals surface area contributed by atoms with Gasteiger partial charge in [-0.1, -0.05) is 6.07 Å². The molecule has 0 radical (unpaired) electrons. The molecule has 2 aromatic heterocycles. The number of amides is 1. The van der Waals surface area contributed by atoms with E-state index in [1.165, 1.54) is 18.5 Å². The summed E-state index contributed by atoms with van der Waals surface area (Å²) in [6.07, 6.45) is 1.12. The van der Waals surface area contributed by atoms with E-state index in [2.05, 4.69) is 35.9 Å². The molecule has 0 bridgehead atoms. The molecular weight excluding hydrogens is 494 g/mol. The molecule has 1 aromatic carbocycles. The van der Waals surface area contributed by atoms with Gasteiger partial charge < -0.3 is 14.5 Å². The second kappa shape index (κ2) is 8.58. The number of anilines is 1. The molecule has 0 spiro atoms. The lowest BCUT2D eigenvalue weighted by atomic mass is 10.1. The van der Waals surface area contributed by atoms with Crippen molar-refractivity contribution in [1.82, 2.24) is 24.6 Å². The van der Waals surface area contributed by atoms with Crippen LogP contribution in [0.3, 0.4) is 0 Å². The van der Waals surface area contributed by atoms with Crippen LogP contribution in [-0.2, 0) is 4.74 Å². The highest BCUT2D eigenvalue weighted by atomic mass is 79.9. The number of nitro benzene ring substituents is 1. The lowest BCUT2D eigenvalue weighted by molar-refractivity contribution is -0.384. The van der Waals surface area contributed by atoms with Crippen LogP contribution in [0.2, 0.25) is 0 Å². The largest absolute Gasteiger partial charge is 0.444 e. The van der Waals surface area contributed by atoms with Crippen LogP contribution in [0.15, 0.2) is 35.2 Å². The van der Waals surface area contributed by atoms with Crippen molar-refractivity contribution in [3.63, 3.8) is 0 Å². The van der Waals surface area contributed by atoms with Gasteiger partial charge in [0.2, 0.25) is 0 Å². The third kappa shape index (κ3) is 4.61. The smallest absolute Gasteiger partial charge is 0.410 e. The Balaban J connectivity index is 1.66. The summed E-state index contributed by atoms with van der Waals surface area (Å²) >= 11 is 3.51. The second-order valence-electron chi connectivity index (χ2n) is 8.84. The van der Waals surface area contributed by atoms with Gasteiger partial charge in [-0.2, -0.15) is 5.10 Å². The number of rotatable bonds is 3. The first-order valence-corrected chi connectivity index (χ1v) is 11.2. The van der Waals surface area contributed by atoms with E-state index in [-0.39, 0.29) is 17.8 Å². The Morgan fingerprint density at radius 3 is 2.70 bits per heavy atom. The number of aromatic nitrogens is 4. The molecule has 0 aliphatic carbocycles. The molecule has 3 aromatic rings. The summed E-state index contributed by atoms with van der Waals surface area (Å²) in [6, 6.07) is 6.18. The van der Waals surface area contributed by atoms with Gasteiger partial charge in [-0.3, -0.25) is 10.1 Å². The SMILES string of the molecule is CC1CN(C(=O)OC(C)(C)C)CCN1c1ncnc2c1c(Br)nn2-c1cccc([N+](=O)[O-])c1. The normalized spacial score (nSPS) is 16.8. The maximum Gasteiger partial charge on any atom is 0.410 e. The fourth-order valence-electron chi connectivity index (χ4n) is 3.80. The Morgan fingerprint density at radius 2 is 2.03 bits per heavy atom. The summed E-state index contributed by atoms with van der Waals surface area (Å²) < 4.78 is 7.59. The molecule has 1 saturated heterocycles. The number of fused-ring (bicyclic) bond motifs is 1. The van der Waals surface area contributed by atoms with Gasteiger partial charge in [-0.05, 0) is 49.7 Å². The fourth-order valence-corrected chi connectivity index (χ4v) is 4.31. The number of nitro groups is 1. The topological polar surface area (TPSA) is 120 Å². The van der Waals surface area contributed by atoms with Crippen molar-refractivity contribution in [2.24, 2.45) is 0 Å². The summed E-state index contributed by atoms with van der Waals surface area (Å²) in [5.41, 5.74) is 0.456. The van der Waals surface area contributed by atoms with E-state index in [1.807, 2.05) is 27.7 Å². The highest BCUT2D eigenvalue weighted by Gasteiger charge is 2.32. The van der Waals surface area contributed by atoms with E-state index >= 15 is 0 Å². The average Bonchev–Trinajstić information content (AvgIpc) is 3.09. The van der Waals surface area contributed by atoms with Gasteiger partial charge >= 0.3 is 6.09 Å². The zero-order valence-electron chi connectivity index (χ0n) is 18.7. The molecule has 4 rings (SSSR count). The number of hydrogen-bond acceptors (Lipinski definition) is 8. The standard InChI is InChI=1S/C21H24BrN7O4/c1-13-11-26(20(30)33-21(2,3)4)8-9-27(13)18-16-17(22)25-28(19(16)24-12-23-18)14-6-5-7-15(10-14)29(31)32/h5-7,10,12-13H,8-9,11H2,1-4H3. The van der Waals surface area contributed by atoms with E-state index in [4.69, 9.17) is 4.74 Å². The molecule has 1 aliphatic heterocycles. The molecule has 1 atom stereocenters. The molecule has 1 unspecified atom stereocenters. The number of hydrogen-bond donors (Lipinski definition) is 0. The second-order valence-corrected chi connectivity index (χ2v) is 9.60. The maximum atomic E-state index is 12.5. The lowest BCUT2D eigenvalue weighted by Gasteiger charge is -2.40. The van der Waals surface area contributed by atoms with E-state index in [0.717, 1.165) is 0 Å². The van der Waals surface area contributed by atoms with Crippen molar-refractivity contribution in [1.29, 1.82) is 0 Å². The van der Waals surface area contributed by atoms with Crippen LogP contribution in [0.25, 0.3) is 16.7 Å². The van der Waals surface area contributed by atoms with Crippen LogP contribution in [0, 0.1) is 10.1 Å².